The Morgan fingerprint density at radius 3 is 2.71 bits per heavy atom. The summed E-state index contributed by atoms with van der Waals surface area (Å²) in [6.45, 7) is 9.31. The maximum absolute atomic E-state index is 12.4. The number of carbonyl (C=O) groups excluding carboxylic acids is 2. The number of nitrogens with one attached hydrogen (secondary N) is 2. The lowest BCUT2D eigenvalue weighted by atomic mass is 10.1. The number of aryl methyl sites for hydroxylation is 2. The van der Waals surface area contributed by atoms with Crippen LogP contribution in [0.4, 0.5) is 0 Å². The normalized spacial score (nSPS) is 24.3. The summed E-state index contributed by atoms with van der Waals surface area (Å²) in [5.74, 6) is 0.475. The zero-order valence-electron chi connectivity index (χ0n) is 14.8. The first kappa shape index (κ1) is 17.3. The molecule has 1 saturated carbocycles. The summed E-state index contributed by atoms with van der Waals surface area (Å²) in [6.07, 6.45) is 2.20. The Balaban J connectivity index is 1.53. The van der Waals surface area contributed by atoms with Gasteiger partial charge in [-0.25, -0.2) is 0 Å². The minimum absolute atomic E-state index is 0.0670. The Labute approximate surface area is 147 Å². The summed E-state index contributed by atoms with van der Waals surface area (Å²) in [7, 11) is 0. The maximum Gasteiger partial charge on any atom is 0.243 e. The van der Waals surface area contributed by atoms with E-state index in [1.54, 1.807) is 0 Å². The Bertz CT molecular complexity index is 664. The third-order valence-corrected chi connectivity index (χ3v) is 6.37. The summed E-state index contributed by atoms with van der Waals surface area (Å²) in [6, 6.07) is 1.64. The lowest BCUT2D eigenvalue weighted by Crippen LogP contribution is -2.57. The number of nitrogens with zero attached hydrogens (tertiary/aromatic N) is 2. The van der Waals surface area contributed by atoms with E-state index < -0.39 is 10.8 Å². The van der Waals surface area contributed by atoms with Crippen LogP contribution >= 0.6 is 11.8 Å². The van der Waals surface area contributed by atoms with Gasteiger partial charge in [-0.1, -0.05) is 0 Å². The van der Waals surface area contributed by atoms with Crippen molar-refractivity contribution in [1.29, 1.82) is 0 Å². The fourth-order valence-electron chi connectivity index (χ4n) is 2.99. The number of amides is 2. The van der Waals surface area contributed by atoms with Crippen LogP contribution in [0.1, 0.15) is 38.1 Å². The van der Waals surface area contributed by atoms with Crippen LogP contribution < -0.4 is 10.6 Å². The number of rotatable bonds is 5. The average molecular weight is 350 g/mol. The van der Waals surface area contributed by atoms with Gasteiger partial charge in [0.05, 0.1) is 10.4 Å². The van der Waals surface area contributed by atoms with Crippen molar-refractivity contribution >= 4 is 23.6 Å². The smallest absolute Gasteiger partial charge is 0.243 e. The zero-order valence-corrected chi connectivity index (χ0v) is 15.6. The third kappa shape index (κ3) is 3.61. The van der Waals surface area contributed by atoms with Crippen molar-refractivity contribution in [2.45, 2.75) is 57.9 Å². The van der Waals surface area contributed by atoms with E-state index in [-0.39, 0.29) is 17.2 Å². The Kier molecular flexibility index (Phi) is 4.40. The first-order valence-electron chi connectivity index (χ1n) is 8.45. The Hall–Kier alpha value is -1.50. The van der Waals surface area contributed by atoms with E-state index in [4.69, 9.17) is 0 Å². The summed E-state index contributed by atoms with van der Waals surface area (Å²) in [5, 5.41) is 10.4. The highest BCUT2D eigenvalue weighted by atomic mass is 32.2. The van der Waals surface area contributed by atoms with Gasteiger partial charge in [-0.15, -0.1) is 11.8 Å². The van der Waals surface area contributed by atoms with Crippen LogP contribution in [0, 0.1) is 19.3 Å². The number of hydrogen-bond donors (Lipinski definition) is 2. The molecular formula is C17H26N4O2S. The van der Waals surface area contributed by atoms with Crippen LogP contribution in [0.15, 0.2) is 6.07 Å². The summed E-state index contributed by atoms with van der Waals surface area (Å²) in [5.41, 5.74) is 2.30. The largest absolute Gasteiger partial charge is 0.354 e. The molecule has 24 heavy (non-hydrogen) atoms. The highest BCUT2D eigenvalue weighted by molar-refractivity contribution is 8.01. The molecule has 0 spiro atoms. The van der Waals surface area contributed by atoms with Crippen molar-refractivity contribution in [3.05, 3.63) is 17.5 Å². The summed E-state index contributed by atoms with van der Waals surface area (Å²) < 4.78 is 1.58. The van der Waals surface area contributed by atoms with Crippen molar-refractivity contribution in [3.63, 3.8) is 0 Å². The highest BCUT2D eigenvalue weighted by Crippen LogP contribution is 2.46. The van der Waals surface area contributed by atoms with Gasteiger partial charge in [0.25, 0.3) is 0 Å². The molecule has 1 aromatic heterocycles. The van der Waals surface area contributed by atoms with Crippen LogP contribution in [0.2, 0.25) is 0 Å². The number of thioether (sulfide) groups is 1. The molecule has 1 saturated heterocycles. The quantitative estimate of drug-likeness (QED) is 0.842. The SMILES string of the molecule is Cc1cc(C)n(CC2(CNC(=O)C3CSC(C)(C)C(=O)N3)CC2)n1. The van der Waals surface area contributed by atoms with E-state index in [2.05, 4.69) is 28.7 Å². The fraction of sp³-hybridized carbons (Fsp3) is 0.706. The van der Waals surface area contributed by atoms with Crippen molar-refractivity contribution < 1.29 is 9.59 Å². The molecule has 2 fully saturated rings. The number of hydrogen-bond acceptors (Lipinski definition) is 4. The lowest BCUT2D eigenvalue weighted by Gasteiger charge is -2.33. The lowest BCUT2D eigenvalue weighted by molar-refractivity contribution is -0.129. The van der Waals surface area contributed by atoms with Crippen LogP contribution in [0.25, 0.3) is 0 Å². The monoisotopic (exact) mass is 350 g/mol. The summed E-state index contributed by atoms with van der Waals surface area (Å²) in [4.78, 5) is 24.4. The van der Waals surface area contributed by atoms with E-state index in [0.717, 1.165) is 30.8 Å². The maximum atomic E-state index is 12.4. The molecular weight excluding hydrogens is 324 g/mol. The molecule has 0 bridgehead atoms. The van der Waals surface area contributed by atoms with Gasteiger partial charge in [-0.2, -0.15) is 5.10 Å². The predicted molar refractivity (Wildman–Crippen MR) is 94.8 cm³/mol. The second-order valence-corrected chi connectivity index (χ2v) is 9.29. The molecule has 0 aromatic carbocycles. The first-order chi connectivity index (χ1) is 11.2. The number of aromatic nitrogens is 2. The molecule has 1 unspecified atom stereocenters. The van der Waals surface area contributed by atoms with Gasteiger partial charge in [-0.3, -0.25) is 14.3 Å². The Morgan fingerprint density at radius 1 is 1.46 bits per heavy atom. The van der Waals surface area contributed by atoms with Gasteiger partial charge < -0.3 is 10.6 Å². The molecule has 1 aromatic rings. The van der Waals surface area contributed by atoms with E-state index in [1.165, 1.54) is 11.8 Å². The topological polar surface area (TPSA) is 76.0 Å². The molecule has 6 nitrogen and oxygen atoms in total. The van der Waals surface area contributed by atoms with Gasteiger partial charge in [0.2, 0.25) is 11.8 Å². The van der Waals surface area contributed by atoms with Crippen molar-refractivity contribution in [2.24, 2.45) is 5.41 Å². The molecule has 1 atom stereocenters. The first-order valence-corrected chi connectivity index (χ1v) is 9.43. The molecule has 7 heteroatoms. The van der Waals surface area contributed by atoms with Crippen molar-refractivity contribution in [2.75, 3.05) is 12.3 Å². The molecule has 2 heterocycles. The van der Waals surface area contributed by atoms with Crippen LogP contribution in [0.5, 0.6) is 0 Å². The highest BCUT2D eigenvalue weighted by Gasteiger charge is 2.44. The van der Waals surface area contributed by atoms with Gasteiger partial charge in [0.1, 0.15) is 6.04 Å². The van der Waals surface area contributed by atoms with Gasteiger partial charge in [-0.05, 0) is 46.6 Å². The molecule has 3 rings (SSSR count). The molecule has 1 aliphatic heterocycles. The third-order valence-electron chi connectivity index (χ3n) is 4.96. The zero-order chi connectivity index (χ0) is 17.5. The van der Waals surface area contributed by atoms with Crippen molar-refractivity contribution in [3.8, 4) is 0 Å². The van der Waals surface area contributed by atoms with Gasteiger partial charge in [0.15, 0.2) is 0 Å². The van der Waals surface area contributed by atoms with Crippen LogP contribution in [-0.4, -0.2) is 44.7 Å². The van der Waals surface area contributed by atoms with E-state index in [0.29, 0.717) is 12.3 Å². The molecule has 132 valence electrons. The van der Waals surface area contributed by atoms with Gasteiger partial charge in [0, 0.05) is 30.0 Å². The van der Waals surface area contributed by atoms with Crippen LogP contribution in [0.3, 0.4) is 0 Å². The van der Waals surface area contributed by atoms with E-state index in [9.17, 15) is 9.59 Å². The molecule has 0 radical (unpaired) electrons. The predicted octanol–water partition coefficient (Wildman–Crippen LogP) is 1.41. The molecule has 1 aliphatic carbocycles. The van der Waals surface area contributed by atoms with Gasteiger partial charge >= 0.3 is 0 Å². The standard InChI is InChI=1S/C17H26N4O2S/c1-11-7-12(2)21(20-11)10-17(5-6-17)9-18-14(22)13-8-24-16(3,4)15(23)19-13/h7,13H,5-6,8-10H2,1-4H3,(H,18,22)(H,19,23). The molecule has 2 N–H and O–H groups in total. The fourth-order valence-corrected chi connectivity index (χ4v) is 4.00. The second kappa shape index (κ2) is 6.10. The Morgan fingerprint density at radius 2 is 2.17 bits per heavy atom. The van der Waals surface area contributed by atoms with E-state index >= 15 is 0 Å². The second-order valence-electron chi connectivity index (χ2n) is 7.65. The minimum atomic E-state index is -0.454. The summed E-state index contributed by atoms with van der Waals surface area (Å²) >= 11 is 1.53. The number of carbonyl (C=O) groups is 2. The van der Waals surface area contributed by atoms with E-state index in [1.807, 2.05) is 25.5 Å². The average Bonchev–Trinajstić information content (AvgIpc) is 3.19. The molecule has 2 amide bonds. The van der Waals surface area contributed by atoms with Crippen molar-refractivity contribution in [1.82, 2.24) is 20.4 Å². The molecule has 2 aliphatic rings. The minimum Gasteiger partial charge on any atom is -0.354 e. The van der Waals surface area contributed by atoms with Crippen LogP contribution in [-0.2, 0) is 16.1 Å².